The quantitative estimate of drug-likeness (QED) is 0.285. The summed E-state index contributed by atoms with van der Waals surface area (Å²) in [6.45, 7) is 10.2. The standard InChI is InChI=1S/C23H30N2O7/c1-22(2,3)15(11-17(26)32-14-9-7-13(8-10-14)25(29)30)20(27)24-12-16-18(23(16,4)5)19(24)21(28)31-6/h7-10,15-16,18-19H,11-12H2,1-6H3/t15-,16+,18+,19+/m1/s1. The van der Waals surface area contributed by atoms with E-state index >= 15 is 0 Å². The van der Waals surface area contributed by atoms with Gasteiger partial charge in [-0.2, -0.15) is 0 Å². The van der Waals surface area contributed by atoms with E-state index < -0.39 is 34.2 Å². The van der Waals surface area contributed by atoms with Gasteiger partial charge in [-0.3, -0.25) is 19.7 Å². The van der Waals surface area contributed by atoms with Crippen LogP contribution < -0.4 is 4.74 Å². The van der Waals surface area contributed by atoms with E-state index in [2.05, 4.69) is 13.8 Å². The predicted molar refractivity (Wildman–Crippen MR) is 115 cm³/mol. The number of piperidine rings is 1. The van der Waals surface area contributed by atoms with E-state index in [1.54, 1.807) is 4.90 Å². The fraction of sp³-hybridized carbons (Fsp3) is 0.609. The molecule has 2 fully saturated rings. The molecular formula is C23H30N2O7. The molecule has 0 N–H and O–H groups in total. The summed E-state index contributed by atoms with van der Waals surface area (Å²) in [7, 11) is 1.32. The van der Waals surface area contributed by atoms with E-state index in [-0.39, 0.29) is 41.0 Å². The number of fused-ring (bicyclic) bond motifs is 1. The molecule has 9 nitrogen and oxygen atoms in total. The Morgan fingerprint density at radius 1 is 1.22 bits per heavy atom. The molecule has 32 heavy (non-hydrogen) atoms. The molecule has 0 bridgehead atoms. The van der Waals surface area contributed by atoms with E-state index in [1.807, 2.05) is 20.8 Å². The minimum absolute atomic E-state index is 0.0261. The lowest BCUT2D eigenvalue weighted by atomic mass is 9.77. The Bertz CT molecular complexity index is 933. The van der Waals surface area contributed by atoms with Crippen molar-refractivity contribution >= 4 is 23.5 Å². The summed E-state index contributed by atoms with van der Waals surface area (Å²) in [4.78, 5) is 50.5. The molecule has 1 aromatic rings. The maximum atomic E-state index is 13.5. The van der Waals surface area contributed by atoms with Gasteiger partial charge in [-0.15, -0.1) is 0 Å². The van der Waals surface area contributed by atoms with Gasteiger partial charge in [-0.25, -0.2) is 4.79 Å². The number of benzene rings is 1. The van der Waals surface area contributed by atoms with Crippen molar-refractivity contribution in [2.24, 2.45) is 28.6 Å². The zero-order valence-corrected chi connectivity index (χ0v) is 19.3. The van der Waals surface area contributed by atoms with Crippen LogP contribution in [-0.4, -0.2) is 47.4 Å². The van der Waals surface area contributed by atoms with E-state index in [4.69, 9.17) is 9.47 Å². The number of nitrogens with zero attached hydrogens (tertiary/aromatic N) is 2. The highest BCUT2D eigenvalue weighted by Gasteiger charge is 2.70. The van der Waals surface area contributed by atoms with Gasteiger partial charge in [-0.05, 0) is 28.9 Å². The van der Waals surface area contributed by atoms with Crippen molar-refractivity contribution in [1.29, 1.82) is 0 Å². The molecule has 2 aliphatic rings. The molecule has 1 aromatic carbocycles. The Labute approximate surface area is 187 Å². The van der Waals surface area contributed by atoms with Crippen molar-refractivity contribution < 1.29 is 28.8 Å². The number of carbonyl (C=O) groups is 3. The maximum Gasteiger partial charge on any atom is 0.328 e. The van der Waals surface area contributed by atoms with Gasteiger partial charge in [0, 0.05) is 24.6 Å². The molecule has 0 radical (unpaired) electrons. The first-order chi connectivity index (χ1) is 14.8. The summed E-state index contributed by atoms with van der Waals surface area (Å²) < 4.78 is 10.3. The first kappa shape index (κ1) is 23.7. The number of hydrogen-bond donors (Lipinski definition) is 0. The molecule has 0 unspecified atom stereocenters. The molecule has 1 amide bonds. The monoisotopic (exact) mass is 446 g/mol. The van der Waals surface area contributed by atoms with Crippen molar-refractivity contribution in [1.82, 2.24) is 4.90 Å². The molecule has 1 saturated heterocycles. The van der Waals surface area contributed by atoms with E-state index in [0.29, 0.717) is 6.54 Å². The number of methoxy groups -OCH3 is 1. The number of ether oxygens (including phenoxy) is 2. The van der Waals surface area contributed by atoms with Crippen molar-refractivity contribution in [2.45, 2.75) is 47.1 Å². The van der Waals surface area contributed by atoms with Crippen LogP contribution in [0.4, 0.5) is 5.69 Å². The molecular weight excluding hydrogens is 416 g/mol. The maximum absolute atomic E-state index is 13.5. The predicted octanol–water partition coefficient (Wildman–Crippen LogP) is 3.21. The first-order valence-electron chi connectivity index (χ1n) is 10.6. The van der Waals surface area contributed by atoms with E-state index in [1.165, 1.54) is 31.4 Å². The number of esters is 2. The molecule has 4 atom stereocenters. The van der Waals surface area contributed by atoms with Crippen molar-refractivity contribution in [2.75, 3.05) is 13.7 Å². The molecule has 1 heterocycles. The molecule has 0 spiro atoms. The van der Waals surface area contributed by atoms with Gasteiger partial charge in [0.1, 0.15) is 11.8 Å². The highest BCUT2D eigenvalue weighted by molar-refractivity contribution is 5.90. The number of non-ortho nitro benzene ring substituents is 1. The smallest absolute Gasteiger partial charge is 0.328 e. The van der Waals surface area contributed by atoms with Crippen LogP contribution in [-0.2, 0) is 19.1 Å². The molecule has 1 aliphatic carbocycles. The summed E-state index contributed by atoms with van der Waals surface area (Å²) in [5, 5.41) is 10.8. The van der Waals surface area contributed by atoms with Gasteiger partial charge in [0.2, 0.25) is 5.91 Å². The molecule has 0 aromatic heterocycles. The number of rotatable bonds is 6. The van der Waals surface area contributed by atoms with Crippen LogP contribution in [0.3, 0.4) is 0 Å². The number of nitro benzene ring substituents is 1. The largest absolute Gasteiger partial charge is 0.467 e. The highest BCUT2D eigenvalue weighted by atomic mass is 16.6. The van der Waals surface area contributed by atoms with Crippen molar-refractivity contribution in [3.8, 4) is 5.75 Å². The summed E-state index contributed by atoms with van der Waals surface area (Å²) in [5.41, 5.74) is -0.701. The van der Waals surface area contributed by atoms with Gasteiger partial charge >= 0.3 is 11.9 Å². The molecule has 3 rings (SSSR count). The van der Waals surface area contributed by atoms with Gasteiger partial charge in [0.05, 0.1) is 24.4 Å². The topological polar surface area (TPSA) is 116 Å². The second-order valence-corrected chi connectivity index (χ2v) is 10.3. The number of hydrogen-bond acceptors (Lipinski definition) is 7. The minimum Gasteiger partial charge on any atom is -0.467 e. The van der Waals surface area contributed by atoms with E-state index in [9.17, 15) is 24.5 Å². The second kappa shape index (κ2) is 8.18. The summed E-state index contributed by atoms with van der Waals surface area (Å²) in [6, 6.07) is 4.52. The number of amides is 1. The third kappa shape index (κ3) is 4.33. The highest BCUT2D eigenvalue weighted by Crippen LogP contribution is 2.65. The Kier molecular flexibility index (Phi) is 6.06. The van der Waals surface area contributed by atoms with E-state index in [0.717, 1.165) is 0 Å². The Balaban J connectivity index is 1.75. The molecule has 174 valence electrons. The van der Waals surface area contributed by atoms with Gasteiger partial charge in [0.25, 0.3) is 5.69 Å². The lowest BCUT2D eigenvalue weighted by molar-refractivity contribution is -0.384. The lowest BCUT2D eigenvalue weighted by Crippen LogP contribution is -2.50. The zero-order chi connectivity index (χ0) is 24.0. The Morgan fingerprint density at radius 2 is 1.81 bits per heavy atom. The third-order valence-electron chi connectivity index (χ3n) is 6.93. The van der Waals surface area contributed by atoms with Crippen LogP contribution >= 0.6 is 0 Å². The van der Waals surface area contributed by atoms with Crippen LogP contribution in [0.15, 0.2) is 24.3 Å². The van der Waals surface area contributed by atoms with Gasteiger partial charge in [-0.1, -0.05) is 34.6 Å². The van der Waals surface area contributed by atoms with Crippen LogP contribution in [0, 0.1) is 38.7 Å². The summed E-state index contributed by atoms with van der Waals surface area (Å²) in [6.07, 6.45) is -0.178. The number of carbonyl (C=O) groups excluding carboxylic acids is 3. The SMILES string of the molecule is COC(=O)[C@@H]1[C@@H]2[C@H](CN1C(=O)[C@@H](CC(=O)Oc1ccc([N+](=O)[O-])cc1)C(C)(C)C)C2(C)C. The fourth-order valence-corrected chi connectivity index (χ4v) is 4.84. The van der Waals surface area contributed by atoms with Crippen LogP contribution in [0.5, 0.6) is 5.75 Å². The average Bonchev–Trinajstić information content (AvgIpc) is 3.04. The number of nitro groups is 1. The van der Waals surface area contributed by atoms with Gasteiger partial charge < -0.3 is 14.4 Å². The summed E-state index contributed by atoms with van der Waals surface area (Å²) in [5.74, 6) is -1.59. The molecule has 1 saturated carbocycles. The lowest BCUT2D eigenvalue weighted by Gasteiger charge is -2.36. The second-order valence-electron chi connectivity index (χ2n) is 10.3. The Morgan fingerprint density at radius 3 is 2.31 bits per heavy atom. The Hall–Kier alpha value is -2.97. The summed E-state index contributed by atoms with van der Waals surface area (Å²) >= 11 is 0. The van der Waals surface area contributed by atoms with Crippen molar-refractivity contribution in [3.05, 3.63) is 34.4 Å². The average molecular weight is 447 g/mol. The normalized spacial score (nSPS) is 24.3. The van der Waals surface area contributed by atoms with Crippen LogP contribution in [0.1, 0.15) is 41.0 Å². The molecule has 9 heteroatoms. The first-order valence-corrected chi connectivity index (χ1v) is 10.6. The zero-order valence-electron chi connectivity index (χ0n) is 19.3. The number of likely N-dealkylation sites (tertiary alicyclic amines) is 1. The fourth-order valence-electron chi connectivity index (χ4n) is 4.84. The van der Waals surface area contributed by atoms with Crippen LogP contribution in [0.2, 0.25) is 0 Å². The minimum atomic E-state index is -0.708. The van der Waals surface area contributed by atoms with Crippen molar-refractivity contribution in [3.63, 3.8) is 0 Å². The van der Waals surface area contributed by atoms with Gasteiger partial charge in [0.15, 0.2) is 0 Å². The molecule has 1 aliphatic heterocycles. The van der Waals surface area contributed by atoms with Crippen LogP contribution in [0.25, 0.3) is 0 Å². The third-order valence-corrected chi connectivity index (χ3v) is 6.93.